The fraction of sp³-hybridized carbons (Fsp3) is 0.125. The lowest BCUT2D eigenvalue weighted by molar-refractivity contribution is 0.103. The van der Waals surface area contributed by atoms with E-state index in [0.29, 0.717) is 4.66 Å². The molecule has 3 aromatic rings. The monoisotopic (exact) mass is 359 g/mol. The van der Waals surface area contributed by atoms with Crippen molar-refractivity contribution in [3.8, 4) is 0 Å². The van der Waals surface area contributed by atoms with Crippen molar-refractivity contribution >= 4 is 29.3 Å². The van der Waals surface area contributed by atoms with E-state index in [1.165, 1.54) is 49.3 Å². The van der Waals surface area contributed by atoms with Crippen molar-refractivity contribution in [1.82, 2.24) is 14.1 Å². The minimum atomic E-state index is -0.506. The summed E-state index contributed by atoms with van der Waals surface area (Å²) in [7, 11) is 2.88. The van der Waals surface area contributed by atoms with Crippen LogP contribution in [0.1, 0.15) is 16.1 Å². The van der Waals surface area contributed by atoms with Gasteiger partial charge in [0.15, 0.2) is 5.76 Å². The van der Waals surface area contributed by atoms with Gasteiger partial charge in [-0.3, -0.25) is 19.0 Å². The molecule has 0 saturated heterocycles. The van der Waals surface area contributed by atoms with Crippen molar-refractivity contribution < 1.29 is 9.21 Å². The van der Waals surface area contributed by atoms with Crippen molar-refractivity contribution in [3.05, 3.63) is 76.3 Å². The number of carbonyl (C=O) groups excluding carboxylic acids is 1. The number of ketones is 1. The van der Waals surface area contributed by atoms with Crippen molar-refractivity contribution in [2.45, 2.75) is 0 Å². The zero-order valence-corrected chi connectivity index (χ0v) is 14.1. The minimum absolute atomic E-state index is 0.159. The molecule has 0 radical (unpaired) electrons. The van der Waals surface area contributed by atoms with Crippen LogP contribution in [0.4, 0.5) is 0 Å². The average molecular weight is 359 g/mol. The predicted molar refractivity (Wildman–Crippen MR) is 92.2 cm³/mol. The van der Waals surface area contributed by atoms with E-state index in [9.17, 15) is 19.2 Å². The van der Waals surface area contributed by atoms with Crippen LogP contribution < -0.4 is 26.0 Å². The molecule has 0 bridgehead atoms. The molecule has 3 rings (SSSR count). The molecule has 0 fully saturated rings. The maximum atomic E-state index is 12.1. The normalized spacial score (nSPS) is 12.7. The number of nitrogens with zero attached hydrogens (tertiary/aromatic N) is 2. The number of hydrogen-bond acceptors (Lipinski definition) is 6. The van der Waals surface area contributed by atoms with Crippen molar-refractivity contribution in [2.75, 3.05) is 0 Å². The van der Waals surface area contributed by atoms with Gasteiger partial charge in [-0.1, -0.05) is 0 Å². The lowest BCUT2D eigenvalue weighted by atomic mass is 10.3. The van der Waals surface area contributed by atoms with Gasteiger partial charge in [-0.25, -0.2) is 4.79 Å². The van der Waals surface area contributed by atoms with Crippen molar-refractivity contribution in [2.24, 2.45) is 14.1 Å². The number of Topliss-reactive ketones (excluding diaryl/α,β-unsaturated/α-hetero) is 1. The second-order valence-electron chi connectivity index (χ2n) is 5.26. The van der Waals surface area contributed by atoms with Crippen molar-refractivity contribution in [3.63, 3.8) is 0 Å². The van der Waals surface area contributed by atoms with E-state index in [-0.39, 0.29) is 21.6 Å². The highest BCUT2D eigenvalue weighted by Gasteiger charge is 2.07. The molecule has 25 heavy (non-hydrogen) atoms. The highest BCUT2D eigenvalue weighted by Crippen LogP contribution is 2.01. The number of nitrogens with one attached hydrogen (secondary N) is 1. The molecule has 0 atom stereocenters. The van der Waals surface area contributed by atoms with Crippen LogP contribution in [0.2, 0.25) is 0 Å². The van der Waals surface area contributed by atoms with Gasteiger partial charge in [0.05, 0.1) is 21.0 Å². The number of hydrogen-bond donors (Lipinski definition) is 1. The smallest absolute Gasteiger partial charge is 0.330 e. The van der Waals surface area contributed by atoms with Gasteiger partial charge in [0.25, 0.3) is 11.1 Å². The first-order valence-electron chi connectivity index (χ1n) is 7.14. The number of aromatic nitrogens is 3. The van der Waals surface area contributed by atoms with Crippen LogP contribution in [0.15, 0.2) is 43.4 Å². The summed E-state index contributed by atoms with van der Waals surface area (Å²) < 4.78 is 7.79. The second kappa shape index (κ2) is 6.36. The third-order valence-corrected chi connectivity index (χ3v) is 4.43. The third kappa shape index (κ3) is 3.22. The Morgan fingerprint density at radius 3 is 2.72 bits per heavy atom. The van der Waals surface area contributed by atoms with Gasteiger partial charge in [-0.2, -0.15) is 0 Å². The second-order valence-corrected chi connectivity index (χ2v) is 6.34. The molecule has 3 aromatic heterocycles. The highest BCUT2D eigenvalue weighted by molar-refractivity contribution is 7.07. The van der Waals surface area contributed by atoms with E-state index in [0.717, 1.165) is 15.9 Å². The Hall–Kier alpha value is -3.20. The van der Waals surface area contributed by atoms with Gasteiger partial charge in [0, 0.05) is 26.4 Å². The Kier molecular flexibility index (Phi) is 4.24. The summed E-state index contributed by atoms with van der Waals surface area (Å²) in [6, 6.07) is 3.11. The summed E-state index contributed by atoms with van der Waals surface area (Å²) in [6.07, 6.45) is 5.38. The first-order chi connectivity index (χ1) is 11.9. The number of rotatable bonds is 3. The molecule has 0 saturated carbocycles. The first kappa shape index (κ1) is 16.7. The molecule has 0 amide bonds. The van der Waals surface area contributed by atoms with E-state index in [1.807, 2.05) is 0 Å². The lowest BCUT2D eigenvalue weighted by Crippen LogP contribution is -2.38. The fourth-order valence-corrected chi connectivity index (χ4v) is 3.09. The molecular weight excluding hydrogens is 346 g/mol. The molecule has 8 nitrogen and oxygen atoms in total. The summed E-state index contributed by atoms with van der Waals surface area (Å²) in [5.41, 5.74) is -1.20. The first-order valence-corrected chi connectivity index (χ1v) is 7.95. The Morgan fingerprint density at radius 2 is 2.04 bits per heavy atom. The summed E-state index contributed by atoms with van der Waals surface area (Å²) in [6.45, 7) is 0. The summed E-state index contributed by atoms with van der Waals surface area (Å²) in [4.78, 5) is 50.4. The van der Waals surface area contributed by atoms with Gasteiger partial charge < -0.3 is 14.0 Å². The van der Waals surface area contributed by atoms with Crippen LogP contribution in [-0.4, -0.2) is 19.9 Å². The number of aromatic amines is 1. The quantitative estimate of drug-likeness (QED) is 0.599. The van der Waals surface area contributed by atoms with Crippen LogP contribution in [0, 0.1) is 0 Å². The third-order valence-electron chi connectivity index (χ3n) is 3.47. The van der Waals surface area contributed by atoms with Gasteiger partial charge in [-0.05, 0) is 18.2 Å². The van der Waals surface area contributed by atoms with Crippen LogP contribution >= 0.6 is 11.3 Å². The molecule has 3 heterocycles. The van der Waals surface area contributed by atoms with E-state index in [4.69, 9.17) is 4.42 Å². The molecule has 0 aromatic carbocycles. The zero-order chi connectivity index (χ0) is 18.1. The topological polar surface area (TPSA) is 107 Å². The summed E-state index contributed by atoms with van der Waals surface area (Å²) in [5.74, 6) is -0.223. The lowest BCUT2D eigenvalue weighted by Gasteiger charge is -2.02. The van der Waals surface area contributed by atoms with Crippen LogP contribution in [0.3, 0.4) is 0 Å². The maximum absolute atomic E-state index is 12.1. The Morgan fingerprint density at radius 1 is 1.28 bits per heavy atom. The van der Waals surface area contributed by atoms with Crippen LogP contribution in [-0.2, 0) is 14.1 Å². The fourth-order valence-electron chi connectivity index (χ4n) is 2.21. The molecular formula is C16H13N3O5S. The molecule has 0 aliphatic heterocycles. The molecule has 9 heteroatoms. The summed E-state index contributed by atoms with van der Waals surface area (Å²) in [5, 5.41) is 0. The SMILES string of the molecule is Cn1cc(/C=c2\s/c(=C\C(=O)c3ccco3)[nH]c2=O)c(=O)n(C)c1=O. The maximum Gasteiger partial charge on any atom is 0.330 e. The Balaban J connectivity index is 2.12. The Bertz CT molecular complexity index is 1240. The van der Waals surface area contributed by atoms with Crippen molar-refractivity contribution in [1.29, 1.82) is 0 Å². The van der Waals surface area contributed by atoms with Crippen LogP contribution in [0.25, 0.3) is 12.2 Å². The molecule has 0 aliphatic rings. The zero-order valence-electron chi connectivity index (χ0n) is 13.3. The molecule has 0 aliphatic carbocycles. The van der Waals surface area contributed by atoms with Gasteiger partial charge in [-0.15, -0.1) is 11.3 Å². The standard InChI is InChI=1S/C16H13N3O5S/c1-18-8-9(15(22)19(2)16(18)23)6-12-14(21)17-13(25-12)7-10(20)11-4-3-5-24-11/h3-8H,1-2H3,(H,17,21)/b12-6-,13-7-. The van der Waals surface area contributed by atoms with E-state index >= 15 is 0 Å². The number of thiazole rings is 1. The molecule has 0 spiro atoms. The highest BCUT2D eigenvalue weighted by atomic mass is 32.1. The van der Waals surface area contributed by atoms with Crippen LogP contribution in [0.5, 0.6) is 0 Å². The number of furan rings is 1. The van der Waals surface area contributed by atoms with E-state index in [2.05, 4.69) is 4.98 Å². The minimum Gasteiger partial charge on any atom is -0.461 e. The average Bonchev–Trinajstić information content (AvgIpc) is 3.21. The predicted octanol–water partition coefficient (Wildman–Crippen LogP) is -1.08. The van der Waals surface area contributed by atoms with Gasteiger partial charge in [0.2, 0.25) is 5.78 Å². The largest absolute Gasteiger partial charge is 0.461 e. The van der Waals surface area contributed by atoms with Gasteiger partial charge in [0.1, 0.15) is 0 Å². The Labute approximate surface area is 143 Å². The number of aryl methyl sites for hydroxylation is 1. The summed E-state index contributed by atoms with van der Waals surface area (Å²) >= 11 is 1.03. The van der Waals surface area contributed by atoms with E-state index < -0.39 is 16.8 Å². The molecule has 0 unspecified atom stereocenters. The molecule has 1 N–H and O–H groups in total. The number of H-pyrrole nitrogens is 1. The van der Waals surface area contributed by atoms with Gasteiger partial charge >= 0.3 is 5.69 Å². The number of carbonyl (C=O) groups is 1. The molecule has 128 valence electrons. The van der Waals surface area contributed by atoms with E-state index in [1.54, 1.807) is 6.07 Å².